The van der Waals surface area contributed by atoms with Crippen LogP contribution in [0.4, 0.5) is 0 Å². The van der Waals surface area contributed by atoms with Crippen molar-refractivity contribution in [3.05, 3.63) is 10.4 Å². The fourth-order valence-electron chi connectivity index (χ4n) is 2.13. The topological polar surface area (TPSA) is 102 Å². The molecule has 7 heteroatoms. The Morgan fingerprint density at radius 2 is 2.12 bits per heavy atom. The van der Waals surface area contributed by atoms with E-state index in [9.17, 15) is 0 Å². The molecule has 0 unspecified atom stereocenters. The van der Waals surface area contributed by atoms with Crippen molar-refractivity contribution in [3.63, 3.8) is 0 Å². The average molecular weight is 228 g/mol. The highest BCUT2D eigenvalue weighted by molar-refractivity contribution is 4.97. The molecule has 0 radical (unpaired) electrons. The Morgan fingerprint density at radius 1 is 1.44 bits per heavy atom. The van der Waals surface area contributed by atoms with Crippen LogP contribution in [0.1, 0.15) is 13.8 Å². The van der Waals surface area contributed by atoms with Crippen LogP contribution >= 0.6 is 0 Å². The molecule has 16 heavy (non-hydrogen) atoms. The molecule has 0 aromatic carbocycles. The van der Waals surface area contributed by atoms with E-state index >= 15 is 0 Å². The van der Waals surface area contributed by atoms with E-state index in [0.29, 0.717) is 6.61 Å². The van der Waals surface area contributed by atoms with E-state index in [0.717, 1.165) is 0 Å². The van der Waals surface area contributed by atoms with E-state index in [1.807, 2.05) is 13.8 Å². The summed E-state index contributed by atoms with van der Waals surface area (Å²) < 4.78 is 16.9. The van der Waals surface area contributed by atoms with Crippen molar-refractivity contribution in [1.82, 2.24) is 0 Å². The highest BCUT2D eigenvalue weighted by Crippen LogP contribution is 2.34. The Hall–Kier alpha value is -0.850. The molecular formula is C9H16N4O3. The number of nitrogens with zero attached hydrogens (tertiary/aromatic N) is 3. The largest absolute Gasteiger partial charge is 0.374 e. The molecule has 2 aliphatic heterocycles. The fourth-order valence-corrected chi connectivity index (χ4v) is 2.13. The standard InChI is InChI=1S/C9H16N4O3/c1-9(2)15-7-5(10)4-14-6(3-12-13-11)8(7)16-9/h5-8H,3-4,10H2,1-2H3/t5-,6+,7+,8-/m0/s1. The third-order valence-corrected chi connectivity index (χ3v) is 2.78. The molecule has 0 amide bonds. The van der Waals surface area contributed by atoms with Crippen molar-refractivity contribution in [3.8, 4) is 0 Å². The first-order valence-corrected chi connectivity index (χ1v) is 5.27. The summed E-state index contributed by atoms with van der Waals surface area (Å²) in [5.41, 5.74) is 14.2. The molecule has 2 aliphatic rings. The van der Waals surface area contributed by atoms with Crippen LogP contribution in [0.15, 0.2) is 5.11 Å². The third kappa shape index (κ3) is 2.14. The molecule has 2 rings (SSSR count). The predicted molar refractivity (Wildman–Crippen MR) is 55.6 cm³/mol. The lowest BCUT2D eigenvalue weighted by atomic mass is 9.99. The summed E-state index contributed by atoms with van der Waals surface area (Å²) in [6, 6.07) is -0.200. The number of hydrogen-bond donors (Lipinski definition) is 1. The van der Waals surface area contributed by atoms with Crippen molar-refractivity contribution in [2.24, 2.45) is 10.8 Å². The molecule has 2 saturated heterocycles. The molecule has 0 bridgehead atoms. The molecule has 7 nitrogen and oxygen atoms in total. The molecule has 2 N–H and O–H groups in total. The number of ether oxygens (including phenoxy) is 3. The Kier molecular flexibility index (Phi) is 3.05. The van der Waals surface area contributed by atoms with E-state index in [2.05, 4.69) is 10.0 Å². The van der Waals surface area contributed by atoms with Crippen molar-refractivity contribution in [2.45, 2.75) is 44.0 Å². The van der Waals surface area contributed by atoms with Crippen LogP contribution < -0.4 is 5.73 Å². The van der Waals surface area contributed by atoms with Gasteiger partial charge in [-0.25, -0.2) is 0 Å². The Balaban J connectivity index is 2.11. The average Bonchev–Trinajstić information content (AvgIpc) is 2.54. The van der Waals surface area contributed by atoms with Gasteiger partial charge in [-0.3, -0.25) is 0 Å². The van der Waals surface area contributed by atoms with Crippen LogP contribution in [0.3, 0.4) is 0 Å². The normalized spacial score (nSPS) is 41.2. The van der Waals surface area contributed by atoms with E-state index < -0.39 is 5.79 Å². The molecule has 0 aliphatic carbocycles. The van der Waals surface area contributed by atoms with Crippen LogP contribution in [0.25, 0.3) is 10.4 Å². The number of nitrogens with two attached hydrogens (primary N) is 1. The van der Waals surface area contributed by atoms with Crippen LogP contribution in [-0.4, -0.2) is 43.3 Å². The van der Waals surface area contributed by atoms with E-state index in [4.69, 9.17) is 25.5 Å². The summed E-state index contributed by atoms with van der Waals surface area (Å²) in [7, 11) is 0. The quantitative estimate of drug-likeness (QED) is 0.423. The van der Waals surface area contributed by atoms with Gasteiger partial charge in [-0.15, -0.1) is 0 Å². The lowest BCUT2D eigenvalue weighted by Gasteiger charge is -2.34. The minimum Gasteiger partial charge on any atom is -0.374 e. The second-order valence-electron chi connectivity index (χ2n) is 4.51. The highest BCUT2D eigenvalue weighted by atomic mass is 16.8. The number of fused-ring (bicyclic) bond motifs is 1. The van der Waals surface area contributed by atoms with Gasteiger partial charge in [-0.2, -0.15) is 0 Å². The first kappa shape index (κ1) is 11.6. The SMILES string of the molecule is CC1(C)O[C@@H]2[C@H](O1)[C@@H](N)CO[C@@H]2CN=[N+]=[N-]. The lowest BCUT2D eigenvalue weighted by molar-refractivity contribution is -0.152. The van der Waals surface area contributed by atoms with Crippen LogP contribution in [-0.2, 0) is 14.2 Å². The number of azide groups is 1. The van der Waals surface area contributed by atoms with Crippen molar-refractivity contribution in [1.29, 1.82) is 0 Å². The fraction of sp³-hybridized carbons (Fsp3) is 1.00. The zero-order valence-electron chi connectivity index (χ0n) is 9.37. The number of rotatable bonds is 2. The van der Waals surface area contributed by atoms with Gasteiger partial charge in [0.05, 0.1) is 25.3 Å². The molecule has 0 spiro atoms. The predicted octanol–water partition coefficient (Wildman–Crippen LogP) is 0.543. The summed E-state index contributed by atoms with van der Waals surface area (Å²) in [6.07, 6.45) is -0.727. The molecule has 90 valence electrons. The first-order chi connectivity index (χ1) is 7.53. The molecule has 2 fully saturated rings. The zero-order valence-corrected chi connectivity index (χ0v) is 9.37. The third-order valence-electron chi connectivity index (χ3n) is 2.78. The maximum atomic E-state index is 8.30. The van der Waals surface area contributed by atoms with Gasteiger partial charge in [-0.05, 0) is 19.4 Å². The van der Waals surface area contributed by atoms with Gasteiger partial charge >= 0.3 is 0 Å². The van der Waals surface area contributed by atoms with Crippen molar-refractivity contribution >= 4 is 0 Å². The minimum atomic E-state index is -0.657. The van der Waals surface area contributed by atoms with E-state index in [1.165, 1.54) is 0 Å². The zero-order chi connectivity index (χ0) is 11.8. The highest BCUT2D eigenvalue weighted by Gasteiger charge is 2.50. The van der Waals surface area contributed by atoms with Crippen LogP contribution in [0.5, 0.6) is 0 Å². The second-order valence-corrected chi connectivity index (χ2v) is 4.51. The molecular weight excluding hydrogens is 212 g/mol. The summed E-state index contributed by atoms with van der Waals surface area (Å²) in [5, 5.41) is 3.51. The lowest BCUT2D eigenvalue weighted by Crippen LogP contribution is -2.55. The molecule has 2 heterocycles. The second kappa shape index (κ2) is 4.20. The number of hydrogen-bond acceptors (Lipinski definition) is 5. The van der Waals surface area contributed by atoms with Gasteiger partial charge in [0, 0.05) is 4.91 Å². The monoisotopic (exact) mass is 228 g/mol. The molecule has 0 aromatic heterocycles. The van der Waals surface area contributed by atoms with Gasteiger partial charge in [0.1, 0.15) is 12.2 Å². The summed E-state index contributed by atoms with van der Waals surface area (Å²) in [5.74, 6) is -0.657. The smallest absolute Gasteiger partial charge is 0.163 e. The molecule has 0 aromatic rings. The van der Waals surface area contributed by atoms with Gasteiger partial charge in [0.25, 0.3) is 0 Å². The van der Waals surface area contributed by atoms with Gasteiger partial charge in [0.15, 0.2) is 5.79 Å². The van der Waals surface area contributed by atoms with Crippen molar-refractivity contribution < 1.29 is 14.2 Å². The maximum absolute atomic E-state index is 8.30. The van der Waals surface area contributed by atoms with Gasteiger partial charge in [-0.1, -0.05) is 5.11 Å². The molecule has 4 atom stereocenters. The van der Waals surface area contributed by atoms with Gasteiger partial charge in [0.2, 0.25) is 0 Å². The van der Waals surface area contributed by atoms with E-state index in [-0.39, 0.29) is 30.9 Å². The Labute approximate surface area is 93.5 Å². The van der Waals surface area contributed by atoms with Crippen molar-refractivity contribution in [2.75, 3.05) is 13.2 Å². The molecule has 0 saturated carbocycles. The Morgan fingerprint density at radius 3 is 2.81 bits per heavy atom. The first-order valence-electron chi connectivity index (χ1n) is 5.27. The van der Waals surface area contributed by atoms with Gasteiger partial charge < -0.3 is 19.9 Å². The van der Waals surface area contributed by atoms with Crippen LogP contribution in [0, 0.1) is 0 Å². The minimum absolute atomic E-state index is 0.192. The summed E-state index contributed by atoms with van der Waals surface area (Å²) in [6.45, 7) is 4.31. The maximum Gasteiger partial charge on any atom is 0.163 e. The van der Waals surface area contributed by atoms with Crippen LogP contribution in [0.2, 0.25) is 0 Å². The summed E-state index contributed by atoms with van der Waals surface area (Å²) >= 11 is 0. The van der Waals surface area contributed by atoms with E-state index in [1.54, 1.807) is 0 Å². The summed E-state index contributed by atoms with van der Waals surface area (Å²) in [4.78, 5) is 2.72. The Bertz CT molecular complexity index is 316.